The lowest BCUT2D eigenvalue weighted by Crippen LogP contribution is -1.85. The van der Waals surface area contributed by atoms with Gasteiger partial charge in [-0.2, -0.15) is 0 Å². The molecule has 0 N–H and O–H groups in total. The normalized spacial score (nSPS) is 10.3. The van der Waals surface area contributed by atoms with E-state index in [-0.39, 0.29) is 0 Å². The van der Waals surface area contributed by atoms with Crippen LogP contribution < -0.4 is 0 Å². The zero-order valence-corrected chi connectivity index (χ0v) is 9.26. The lowest BCUT2D eigenvalue weighted by Gasteiger charge is -1.97. The van der Waals surface area contributed by atoms with Crippen LogP contribution in [0, 0.1) is 6.92 Å². The summed E-state index contributed by atoms with van der Waals surface area (Å²) in [6.45, 7) is 1.96. The second-order valence-electron chi connectivity index (χ2n) is 2.50. The summed E-state index contributed by atoms with van der Waals surface area (Å²) in [4.78, 5) is 4.19. The summed E-state index contributed by atoms with van der Waals surface area (Å²) in [6.07, 6.45) is 1.77. The zero-order valence-electron chi connectivity index (χ0n) is 6.86. The maximum atomic E-state index is 4.19. The van der Waals surface area contributed by atoms with E-state index in [1.807, 2.05) is 19.1 Å². The van der Waals surface area contributed by atoms with Crippen LogP contribution in [-0.2, 0) is 0 Å². The number of aromatic nitrogens is 3. The van der Waals surface area contributed by atoms with Crippen molar-refractivity contribution in [1.29, 1.82) is 0 Å². The van der Waals surface area contributed by atoms with E-state index in [1.54, 1.807) is 6.20 Å². The molecule has 0 fully saturated rings. The zero-order chi connectivity index (χ0) is 9.26. The Hall–Kier alpha value is -0.810. The first-order valence-corrected chi connectivity index (χ1v) is 5.29. The lowest BCUT2D eigenvalue weighted by atomic mass is 10.2. The van der Waals surface area contributed by atoms with Gasteiger partial charge in [-0.15, -0.1) is 10.2 Å². The maximum absolute atomic E-state index is 4.19. The summed E-state index contributed by atoms with van der Waals surface area (Å²) in [5, 5.41) is 8.82. The quantitative estimate of drug-likeness (QED) is 0.787. The van der Waals surface area contributed by atoms with Gasteiger partial charge in [0.15, 0.2) is 3.92 Å². The molecule has 0 saturated carbocycles. The van der Waals surface area contributed by atoms with Crippen molar-refractivity contribution in [2.24, 2.45) is 0 Å². The Kier molecular flexibility index (Phi) is 2.37. The molecule has 66 valence electrons. The number of hydrogen-bond donors (Lipinski definition) is 0. The molecule has 2 heterocycles. The Balaban J connectivity index is 2.52. The third kappa shape index (κ3) is 1.76. The van der Waals surface area contributed by atoms with Crippen molar-refractivity contribution in [2.45, 2.75) is 6.92 Å². The van der Waals surface area contributed by atoms with Crippen molar-refractivity contribution in [3.05, 3.63) is 27.9 Å². The van der Waals surface area contributed by atoms with Crippen LogP contribution in [0.5, 0.6) is 0 Å². The van der Waals surface area contributed by atoms with Crippen LogP contribution in [0.1, 0.15) is 5.69 Å². The highest BCUT2D eigenvalue weighted by Gasteiger charge is 2.06. The van der Waals surface area contributed by atoms with Gasteiger partial charge in [-0.25, -0.2) is 0 Å². The van der Waals surface area contributed by atoms with Gasteiger partial charge < -0.3 is 0 Å². The van der Waals surface area contributed by atoms with Gasteiger partial charge in [0.25, 0.3) is 0 Å². The second-order valence-corrected chi connectivity index (χ2v) is 4.75. The van der Waals surface area contributed by atoms with Gasteiger partial charge in [-0.3, -0.25) is 4.98 Å². The van der Waals surface area contributed by atoms with E-state index >= 15 is 0 Å². The van der Waals surface area contributed by atoms with Crippen LogP contribution in [0.2, 0.25) is 0 Å². The lowest BCUT2D eigenvalue weighted by molar-refractivity contribution is 1.07. The topological polar surface area (TPSA) is 38.7 Å². The standard InChI is InChI=1S/C8H6BrN3S/c1-5-6(3-2-4-10-5)7-11-12-8(9)13-7/h2-4H,1H3. The highest BCUT2D eigenvalue weighted by molar-refractivity contribution is 9.11. The smallest absolute Gasteiger partial charge is 0.183 e. The first-order valence-electron chi connectivity index (χ1n) is 3.68. The summed E-state index contributed by atoms with van der Waals surface area (Å²) >= 11 is 4.79. The number of rotatable bonds is 1. The molecule has 2 aromatic rings. The van der Waals surface area contributed by atoms with E-state index in [2.05, 4.69) is 31.1 Å². The summed E-state index contributed by atoms with van der Waals surface area (Å²) in [7, 11) is 0. The van der Waals surface area contributed by atoms with Crippen LogP contribution >= 0.6 is 27.3 Å². The maximum Gasteiger partial charge on any atom is 0.183 e. The van der Waals surface area contributed by atoms with Gasteiger partial charge in [0.05, 0.1) is 0 Å². The van der Waals surface area contributed by atoms with Crippen molar-refractivity contribution >= 4 is 27.3 Å². The van der Waals surface area contributed by atoms with Crippen LogP contribution in [0.3, 0.4) is 0 Å². The van der Waals surface area contributed by atoms with E-state index in [4.69, 9.17) is 0 Å². The van der Waals surface area contributed by atoms with E-state index in [0.717, 1.165) is 20.2 Å². The van der Waals surface area contributed by atoms with Crippen LogP contribution in [0.15, 0.2) is 22.2 Å². The molecule has 2 rings (SSSR count). The molecule has 0 aliphatic rings. The Labute approximate surface area is 88.0 Å². The summed E-state index contributed by atoms with van der Waals surface area (Å²) in [5.74, 6) is 0. The molecule has 0 aromatic carbocycles. The molecule has 5 heteroatoms. The van der Waals surface area contributed by atoms with Crippen molar-refractivity contribution in [2.75, 3.05) is 0 Å². The predicted molar refractivity (Wildman–Crippen MR) is 55.6 cm³/mol. The molecule has 0 amide bonds. The van der Waals surface area contributed by atoms with E-state index in [0.29, 0.717) is 0 Å². The van der Waals surface area contributed by atoms with Gasteiger partial charge in [-0.05, 0) is 35.0 Å². The summed E-state index contributed by atoms with van der Waals surface area (Å²) in [5.41, 5.74) is 2.02. The Morgan fingerprint density at radius 1 is 1.38 bits per heavy atom. The van der Waals surface area contributed by atoms with Gasteiger partial charge in [-0.1, -0.05) is 11.3 Å². The van der Waals surface area contributed by atoms with Crippen molar-refractivity contribution in [3.63, 3.8) is 0 Å². The first kappa shape index (κ1) is 8.77. The van der Waals surface area contributed by atoms with Crippen molar-refractivity contribution in [1.82, 2.24) is 15.2 Å². The minimum Gasteiger partial charge on any atom is -0.261 e. The Morgan fingerprint density at radius 2 is 2.23 bits per heavy atom. The SMILES string of the molecule is Cc1ncccc1-c1nnc(Br)s1. The molecule has 0 bridgehead atoms. The van der Waals surface area contributed by atoms with E-state index in [1.165, 1.54) is 11.3 Å². The van der Waals surface area contributed by atoms with Crippen molar-refractivity contribution < 1.29 is 0 Å². The molecule has 0 aliphatic carbocycles. The minimum atomic E-state index is 0.797. The average molecular weight is 256 g/mol. The van der Waals surface area contributed by atoms with E-state index < -0.39 is 0 Å². The summed E-state index contributed by atoms with van der Waals surface area (Å²) in [6, 6.07) is 3.90. The molecule has 3 nitrogen and oxygen atoms in total. The highest BCUT2D eigenvalue weighted by Crippen LogP contribution is 2.27. The molecule has 2 aromatic heterocycles. The molecule has 0 radical (unpaired) electrons. The molecule has 0 spiro atoms. The minimum absolute atomic E-state index is 0.797. The number of pyridine rings is 1. The van der Waals surface area contributed by atoms with Crippen LogP contribution in [-0.4, -0.2) is 15.2 Å². The van der Waals surface area contributed by atoms with E-state index in [9.17, 15) is 0 Å². The Bertz CT molecular complexity index is 427. The molecule has 0 saturated heterocycles. The second kappa shape index (κ2) is 3.51. The number of aryl methyl sites for hydroxylation is 1. The number of hydrogen-bond acceptors (Lipinski definition) is 4. The van der Waals surface area contributed by atoms with Crippen LogP contribution in [0.25, 0.3) is 10.6 Å². The predicted octanol–water partition coefficient (Wildman–Crippen LogP) is 2.67. The Morgan fingerprint density at radius 3 is 2.85 bits per heavy atom. The van der Waals surface area contributed by atoms with Crippen molar-refractivity contribution in [3.8, 4) is 10.6 Å². The first-order chi connectivity index (χ1) is 6.27. The molecule has 13 heavy (non-hydrogen) atoms. The fourth-order valence-electron chi connectivity index (χ4n) is 1.02. The monoisotopic (exact) mass is 255 g/mol. The van der Waals surface area contributed by atoms with Gasteiger partial charge in [0.1, 0.15) is 5.01 Å². The highest BCUT2D eigenvalue weighted by atomic mass is 79.9. The third-order valence-electron chi connectivity index (χ3n) is 1.64. The fourth-order valence-corrected chi connectivity index (χ4v) is 2.21. The molecule has 0 aliphatic heterocycles. The van der Waals surface area contributed by atoms with Gasteiger partial charge in [0, 0.05) is 17.5 Å². The number of nitrogens with zero attached hydrogens (tertiary/aromatic N) is 3. The molecular formula is C8H6BrN3S. The molecule has 0 atom stereocenters. The fraction of sp³-hybridized carbons (Fsp3) is 0.125. The van der Waals surface area contributed by atoms with Gasteiger partial charge in [0.2, 0.25) is 0 Å². The molecular weight excluding hydrogens is 250 g/mol. The van der Waals surface area contributed by atoms with Gasteiger partial charge >= 0.3 is 0 Å². The van der Waals surface area contributed by atoms with Crippen LogP contribution in [0.4, 0.5) is 0 Å². The number of halogens is 1. The summed E-state index contributed by atoms with van der Waals surface area (Å²) < 4.78 is 0.797. The third-order valence-corrected chi connectivity index (χ3v) is 3.03. The average Bonchev–Trinajstić information content (AvgIpc) is 2.53. The molecule has 0 unspecified atom stereocenters. The largest absolute Gasteiger partial charge is 0.261 e.